The van der Waals surface area contributed by atoms with Crippen LogP contribution in [0.1, 0.15) is 44.9 Å². The monoisotopic (exact) mass is 428 g/mol. The summed E-state index contributed by atoms with van der Waals surface area (Å²) in [5, 5.41) is 20.1. The predicted octanol–water partition coefficient (Wildman–Crippen LogP) is 3.92. The predicted molar refractivity (Wildman–Crippen MR) is 108 cm³/mol. The number of halogens is 2. The summed E-state index contributed by atoms with van der Waals surface area (Å²) in [5.41, 5.74) is 0.438. The second kappa shape index (κ2) is 7.51. The van der Waals surface area contributed by atoms with Gasteiger partial charge < -0.3 is 10.4 Å². The van der Waals surface area contributed by atoms with Gasteiger partial charge in [0.15, 0.2) is 23.1 Å². The summed E-state index contributed by atoms with van der Waals surface area (Å²) < 4.78 is 28.4. The van der Waals surface area contributed by atoms with Crippen molar-refractivity contribution in [2.75, 3.05) is 5.32 Å². The largest absolute Gasteiger partial charge is 0.481 e. The minimum Gasteiger partial charge on any atom is -0.481 e. The Morgan fingerprint density at radius 2 is 1.94 bits per heavy atom. The highest BCUT2D eigenvalue weighted by Crippen LogP contribution is 2.51. The Morgan fingerprint density at radius 3 is 2.71 bits per heavy atom. The van der Waals surface area contributed by atoms with E-state index in [0.29, 0.717) is 23.1 Å². The van der Waals surface area contributed by atoms with Crippen molar-refractivity contribution in [2.45, 2.75) is 51.0 Å². The first-order chi connectivity index (χ1) is 15.0. The lowest BCUT2D eigenvalue weighted by atomic mass is 9.64. The van der Waals surface area contributed by atoms with E-state index in [1.165, 1.54) is 6.07 Å². The first-order valence-corrected chi connectivity index (χ1v) is 10.5. The quantitative estimate of drug-likeness (QED) is 0.577. The number of fused-ring (bicyclic) bond motifs is 1. The molecule has 31 heavy (non-hydrogen) atoms. The van der Waals surface area contributed by atoms with Crippen molar-refractivity contribution in [3.8, 4) is 11.5 Å². The van der Waals surface area contributed by atoms with E-state index < -0.39 is 29.6 Å². The van der Waals surface area contributed by atoms with Gasteiger partial charge in [-0.3, -0.25) is 9.89 Å². The van der Waals surface area contributed by atoms with Crippen LogP contribution in [0.5, 0.6) is 0 Å². The average molecular weight is 428 g/mol. The van der Waals surface area contributed by atoms with E-state index in [4.69, 9.17) is 0 Å². The van der Waals surface area contributed by atoms with Crippen LogP contribution < -0.4 is 5.32 Å². The van der Waals surface area contributed by atoms with E-state index in [2.05, 4.69) is 30.5 Å². The van der Waals surface area contributed by atoms with E-state index in [1.54, 1.807) is 0 Å². The van der Waals surface area contributed by atoms with Gasteiger partial charge in [-0.15, -0.1) is 0 Å². The van der Waals surface area contributed by atoms with Crippen molar-refractivity contribution in [2.24, 2.45) is 11.3 Å². The molecule has 0 bridgehead atoms. The van der Waals surface area contributed by atoms with Gasteiger partial charge in [0.1, 0.15) is 11.5 Å². The maximum atomic E-state index is 14.7. The van der Waals surface area contributed by atoms with Crippen molar-refractivity contribution in [3.05, 3.63) is 30.1 Å². The van der Waals surface area contributed by atoms with Crippen LogP contribution in [-0.4, -0.2) is 42.3 Å². The van der Waals surface area contributed by atoms with Crippen LogP contribution >= 0.6 is 0 Å². The number of carboxylic acids is 1. The summed E-state index contributed by atoms with van der Waals surface area (Å²) in [4.78, 5) is 24.3. The summed E-state index contributed by atoms with van der Waals surface area (Å²) in [6.07, 6.45) is 8.33. The summed E-state index contributed by atoms with van der Waals surface area (Å²) in [6, 6.07) is 0.840. The maximum Gasteiger partial charge on any atom is 0.308 e. The van der Waals surface area contributed by atoms with Crippen molar-refractivity contribution in [1.29, 1.82) is 0 Å². The Hall–Kier alpha value is -3.17. The molecule has 0 aliphatic heterocycles. The number of hydrogen-bond acceptors (Lipinski definition) is 6. The lowest BCUT2D eigenvalue weighted by Gasteiger charge is -2.45. The summed E-state index contributed by atoms with van der Waals surface area (Å²) in [6.45, 7) is 0. The van der Waals surface area contributed by atoms with Gasteiger partial charge in [0, 0.05) is 6.04 Å². The molecule has 0 aromatic carbocycles. The molecule has 2 aliphatic carbocycles. The number of aromatic nitrogens is 5. The number of anilines is 1. The molecule has 1 spiro atoms. The number of pyridine rings is 1. The van der Waals surface area contributed by atoms with Crippen LogP contribution in [0.4, 0.5) is 14.6 Å². The third-order valence-electron chi connectivity index (χ3n) is 6.80. The molecule has 8 nitrogen and oxygen atoms in total. The minimum absolute atomic E-state index is 0.0541. The Kier molecular flexibility index (Phi) is 4.79. The smallest absolute Gasteiger partial charge is 0.308 e. The third kappa shape index (κ3) is 3.39. The highest BCUT2D eigenvalue weighted by molar-refractivity contribution is 5.88. The summed E-state index contributed by atoms with van der Waals surface area (Å²) in [5.74, 6) is -2.62. The first-order valence-electron chi connectivity index (χ1n) is 10.5. The number of aliphatic carboxylic acids is 1. The van der Waals surface area contributed by atoms with Crippen LogP contribution in [0, 0.1) is 23.0 Å². The van der Waals surface area contributed by atoms with Crippen LogP contribution in [0.15, 0.2) is 18.5 Å². The first kappa shape index (κ1) is 19.8. The zero-order valence-electron chi connectivity index (χ0n) is 16.7. The molecule has 0 saturated heterocycles. The fraction of sp³-hybridized carbons (Fsp3) is 0.476. The Labute approximate surface area is 176 Å². The number of nitrogens with zero attached hydrogens (tertiary/aromatic N) is 4. The molecule has 0 amide bonds. The molecule has 5 rings (SSSR count). The van der Waals surface area contributed by atoms with E-state index in [9.17, 15) is 18.7 Å². The fourth-order valence-electron chi connectivity index (χ4n) is 5.36. The maximum absolute atomic E-state index is 14.7. The molecular weight excluding hydrogens is 406 g/mol. The lowest BCUT2D eigenvalue weighted by molar-refractivity contribution is -0.145. The number of carboxylic acid groups (broad SMARTS) is 1. The summed E-state index contributed by atoms with van der Waals surface area (Å²) >= 11 is 0. The molecule has 2 saturated carbocycles. The number of aromatic amines is 1. The molecule has 2 atom stereocenters. The molecule has 1 unspecified atom stereocenters. The van der Waals surface area contributed by atoms with Gasteiger partial charge >= 0.3 is 5.97 Å². The molecule has 2 fully saturated rings. The van der Waals surface area contributed by atoms with Crippen LogP contribution in [0.25, 0.3) is 22.6 Å². The molecule has 3 aromatic rings. The molecule has 0 radical (unpaired) electrons. The lowest BCUT2D eigenvalue weighted by Crippen LogP contribution is -2.50. The highest BCUT2D eigenvalue weighted by atomic mass is 19.1. The summed E-state index contributed by atoms with van der Waals surface area (Å²) in [7, 11) is 0. The van der Waals surface area contributed by atoms with E-state index >= 15 is 0 Å². The van der Waals surface area contributed by atoms with Gasteiger partial charge in [0.05, 0.1) is 23.7 Å². The van der Waals surface area contributed by atoms with E-state index in [1.807, 2.05) is 0 Å². The standard InChI is InChI=1S/C21H22F2N6O2/c22-11-8-13-15(28-29-17(13)24-9-11)19-25-10-14(23)18(27-19)26-16-12(20(30)31)4-3-7-21(16)5-1-2-6-21/h8-10,12,16H,1-7H2,(H,30,31)(H,24,28,29)(H,25,26,27)/t12?,16-/m0/s1. The molecule has 3 N–H and O–H groups in total. The fourth-order valence-corrected chi connectivity index (χ4v) is 5.36. The number of nitrogens with one attached hydrogen (secondary N) is 2. The zero-order chi connectivity index (χ0) is 21.6. The second-order valence-electron chi connectivity index (χ2n) is 8.54. The SMILES string of the molecule is O=C(O)C1CCCC2(CCCC2)[C@H]1Nc1nc(-c2[nH]nc3ncc(F)cc23)ncc1F. The van der Waals surface area contributed by atoms with Crippen molar-refractivity contribution in [1.82, 2.24) is 25.1 Å². The number of H-pyrrole nitrogens is 1. The van der Waals surface area contributed by atoms with Gasteiger partial charge in [-0.2, -0.15) is 5.10 Å². The molecule has 162 valence electrons. The van der Waals surface area contributed by atoms with Crippen LogP contribution in [0.2, 0.25) is 0 Å². The second-order valence-corrected chi connectivity index (χ2v) is 8.54. The average Bonchev–Trinajstić information content (AvgIpc) is 3.38. The third-order valence-corrected chi connectivity index (χ3v) is 6.80. The van der Waals surface area contributed by atoms with E-state index in [0.717, 1.165) is 50.9 Å². The molecular formula is C21H22F2N6O2. The molecule has 3 aromatic heterocycles. The van der Waals surface area contributed by atoms with Gasteiger partial charge in [-0.05, 0) is 37.2 Å². The topological polar surface area (TPSA) is 117 Å². The van der Waals surface area contributed by atoms with Crippen molar-refractivity contribution >= 4 is 22.8 Å². The minimum atomic E-state index is -0.876. The Morgan fingerprint density at radius 1 is 1.16 bits per heavy atom. The Balaban J connectivity index is 1.54. The number of hydrogen-bond donors (Lipinski definition) is 3. The normalized spacial score (nSPS) is 22.8. The number of carbonyl (C=O) groups is 1. The number of rotatable bonds is 4. The Bertz CT molecular complexity index is 1140. The van der Waals surface area contributed by atoms with Crippen molar-refractivity contribution < 1.29 is 18.7 Å². The van der Waals surface area contributed by atoms with Crippen LogP contribution in [0.3, 0.4) is 0 Å². The van der Waals surface area contributed by atoms with Gasteiger partial charge in [-0.1, -0.05) is 19.3 Å². The van der Waals surface area contributed by atoms with Crippen LogP contribution in [-0.2, 0) is 4.79 Å². The van der Waals surface area contributed by atoms with Gasteiger partial charge in [0.2, 0.25) is 0 Å². The van der Waals surface area contributed by atoms with Gasteiger partial charge in [-0.25, -0.2) is 23.7 Å². The van der Waals surface area contributed by atoms with Crippen molar-refractivity contribution in [3.63, 3.8) is 0 Å². The molecule has 3 heterocycles. The zero-order valence-corrected chi connectivity index (χ0v) is 16.7. The van der Waals surface area contributed by atoms with E-state index in [-0.39, 0.29) is 17.1 Å². The molecule has 2 aliphatic rings. The highest BCUT2D eigenvalue weighted by Gasteiger charge is 2.49. The van der Waals surface area contributed by atoms with Gasteiger partial charge in [0.25, 0.3) is 0 Å². The molecule has 10 heteroatoms.